The van der Waals surface area contributed by atoms with E-state index in [0.29, 0.717) is 0 Å². The molecule has 8 nitrogen and oxygen atoms in total. The van der Waals surface area contributed by atoms with Gasteiger partial charge in [0, 0.05) is 5.39 Å². The van der Waals surface area contributed by atoms with Crippen molar-refractivity contribution in [2.45, 2.75) is 12.1 Å². The van der Waals surface area contributed by atoms with Crippen molar-refractivity contribution in [1.82, 2.24) is 10.3 Å². The van der Waals surface area contributed by atoms with Crippen LogP contribution >= 0.6 is 0 Å². The smallest absolute Gasteiger partial charge is 0.456 e. The van der Waals surface area contributed by atoms with Gasteiger partial charge in [-0.05, 0) is 18.2 Å². The number of fused-ring (bicyclic) bond motifs is 1. The van der Waals surface area contributed by atoms with E-state index in [1.165, 1.54) is 0 Å². The molecule has 0 bridgehead atoms. The number of nitrogens with two attached hydrogens (primary N) is 1. The number of benzene rings is 1. The number of aromatic nitrogens is 1. The number of rotatable bonds is 6. The van der Waals surface area contributed by atoms with E-state index < -0.39 is 54.3 Å². The fraction of sp³-hybridized carbons (Fsp3) is 0.267. The molecule has 28 heavy (non-hydrogen) atoms. The Morgan fingerprint density at radius 1 is 1.18 bits per heavy atom. The first-order valence-electron chi connectivity index (χ1n) is 7.32. The number of nitrogen functional groups attached to an aromatic ring is 1. The van der Waals surface area contributed by atoms with Gasteiger partial charge in [0.2, 0.25) is 0 Å². The van der Waals surface area contributed by atoms with E-state index in [2.05, 4.69) is 9.72 Å². The first-order valence-corrected chi connectivity index (χ1v) is 7.32. The fourth-order valence-corrected chi connectivity index (χ4v) is 1.99. The summed E-state index contributed by atoms with van der Waals surface area (Å²) in [6, 6.07) is 2.96. The van der Waals surface area contributed by atoms with E-state index >= 15 is 0 Å². The zero-order valence-corrected chi connectivity index (χ0v) is 13.7. The number of carbonyl (C=O) groups excluding carboxylic acids is 1. The first-order chi connectivity index (χ1) is 12.8. The molecule has 1 amide bonds. The quantitative estimate of drug-likeness (QED) is 0.423. The predicted molar refractivity (Wildman–Crippen MR) is 84.3 cm³/mol. The highest BCUT2D eigenvalue weighted by Crippen LogP contribution is 2.37. The molecule has 0 saturated heterocycles. The second-order valence-electron chi connectivity index (χ2n) is 5.51. The molecule has 0 aliphatic carbocycles. The van der Waals surface area contributed by atoms with Gasteiger partial charge in [0.1, 0.15) is 18.0 Å². The molecule has 0 spiro atoms. The largest absolute Gasteiger partial charge is 0.505 e. The standard InChI is InChI=1S/C15H12F5N3O5/c16-14(17,15(18,19)20)5-28-10-2-6-1-9(24)12(13(27)22-4-11(25)26)23-8(6)3-7(10)21/h1-3,24H,4-5,21H2,(H,22,27)(H,25,26). The number of aliphatic carboxylic acids is 1. The van der Waals surface area contributed by atoms with Crippen LogP contribution in [0.1, 0.15) is 10.5 Å². The Kier molecular flexibility index (Phi) is 5.47. The molecule has 1 aromatic carbocycles. The van der Waals surface area contributed by atoms with Gasteiger partial charge in [-0.15, -0.1) is 0 Å². The average Bonchev–Trinajstić information content (AvgIpc) is 2.56. The number of anilines is 1. The van der Waals surface area contributed by atoms with Crippen molar-refractivity contribution in [1.29, 1.82) is 0 Å². The van der Waals surface area contributed by atoms with E-state index in [9.17, 15) is 36.6 Å². The molecule has 0 atom stereocenters. The van der Waals surface area contributed by atoms with E-state index in [-0.39, 0.29) is 16.6 Å². The molecule has 0 unspecified atom stereocenters. The Balaban J connectivity index is 2.31. The van der Waals surface area contributed by atoms with Crippen LogP contribution in [0.5, 0.6) is 11.5 Å². The number of halogens is 5. The Bertz CT molecular complexity index is 932. The maximum Gasteiger partial charge on any atom is 0.456 e. The predicted octanol–water partition coefficient (Wildman–Crippen LogP) is 1.91. The Hall–Kier alpha value is -3.38. The van der Waals surface area contributed by atoms with Crippen LogP contribution in [0.3, 0.4) is 0 Å². The van der Waals surface area contributed by atoms with Crippen molar-refractivity contribution in [3.05, 3.63) is 23.9 Å². The van der Waals surface area contributed by atoms with Crippen LogP contribution in [0.15, 0.2) is 18.2 Å². The molecule has 0 saturated carbocycles. The van der Waals surface area contributed by atoms with Crippen LogP contribution in [0.25, 0.3) is 10.9 Å². The summed E-state index contributed by atoms with van der Waals surface area (Å²) in [5.41, 5.74) is 4.65. The van der Waals surface area contributed by atoms with E-state index in [4.69, 9.17) is 10.8 Å². The number of alkyl halides is 5. The zero-order valence-electron chi connectivity index (χ0n) is 13.7. The van der Waals surface area contributed by atoms with Crippen LogP contribution in [0, 0.1) is 0 Å². The second-order valence-corrected chi connectivity index (χ2v) is 5.51. The number of ether oxygens (including phenoxy) is 1. The van der Waals surface area contributed by atoms with Crippen LogP contribution in [0.4, 0.5) is 27.6 Å². The molecule has 13 heteroatoms. The normalized spacial score (nSPS) is 12.0. The summed E-state index contributed by atoms with van der Waals surface area (Å²) in [7, 11) is 0. The molecule has 152 valence electrons. The number of carboxylic acids is 1. The van der Waals surface area contributed by atoms with Gasteiger partial charge < -0.3 is 26.0 Å². The fourth-order valence-electron chi connectivity index (χ4n) is 1.99. The lowest BCUT2D eigenvalue weighted by Crippen LogP contribution is -2.41. The zero-order chi connectivity index (χ0) is 21.3. The molecule has 2 rings (SSSR count). The molecule has 0 aliphatic rings. The minimum absolute atomic E-state index is 0.0202. The molecule has 1 aromatic heterocycles. The number of carbonyl (C=O) groups is 2. The molecular formula is C15H12F5N3O5. The van der Waals surface area contributed by atoms with E-state index in [0.717, 1.165) is 18.2 Å². The van der Waals surface area contributed by atoms with Crippen molar-refractivity contribution < 1.29 is 46.5 Å². The summed E-state index contributed by atoms with van der Waals surface area (Å²) in [5.74, 6) is -8.66. The lowest BCUT2D eigenvalue weighted by atomic mass is 10.1. The van der Waals surface area contributed by atoms with Crippen LogP contribution in [-0.2, 0) is 4.79 Å². The topological polar surface area (TPSA) is 135 Å². The summed E-state index contributed by atoms with van der Waals surface area (Å²) in [5, 5.41) is 20.4. The summed E-state index contributed by atoms with van der Waals surface area (Å²) in [4.78, 5) is 26.1. The average molecular weight is 409 g/mol. The minimum Gasteiger partial charge on any atom is -0.505 e. The molecular weight excluding hydrogens is 397 g/mol. The van der Waals surface area contributed by atoms with Gasteiger partial charge in [0.25, 0.3) is 5.91 Å². The third kappa shape index (κ3) is 4.47. The highest BCUT2D eigenvalue weighted by molar-refractivity contribution is 5.99. The number of carboxylic acid groups (broad SMARTS) is 1. The third-order valence-electron chi connectivity index (χ3n) is 3.37. The lowest BCUT2D eigenvalue weighted by molar-refractivity contribution is -0.289. The molecule has 2 aromatic rings. The van der Waals surface area contributed by atoms with E-state index in [1.807, 2.05) is 5.32 Å². The highest BCUT2D eigenvalue weighted by atomic mass is 19.4. The summed E-state index contributed by atoms with van der Waals surface area (Å²) in [6.07, 6.45) is -5.81. The molecule has 0 aliphatic heterocycles. The van der Waals surface area contributed by atoms with Crippen molar-refractivity contribution in [2.75, 3.05) is 18.9 Å². The Morgan fingerprint density at radius 2 is 1.82 bits per heavy atom. The lowest BCUT2D eigenvalue weighted by Gasteiger charge is -2.20. The van der Waals surface area contributed by atoms with Gasteiger partial charge in [-0.1, -0.05) is 0 Å². The van der Waals surface area contributed by atoms with Gasteiger partial charge >= 0.3 is 18.1 Å². The number of amides is 1. The van der Waals surface area contributed by atoms with Gasteiger partial charge in [0.15, 0.2) is 12.3 Å². The molecule has 5 N–H and O–H groups in total. The van der Waals surface area contributed by atoms with Gasteiger partial charge in [-0.3, -0.25) is 9.59 Å². The van der Waals surface area contributed by atoms with Crippen molar-refractivity contribution >= 4 is 28.5 Å². The first kappa shape index (κ1) is 20.9. The monoisotopic (exact) mass is 409 g/mol. The summed E-state index contributed by atoms with van der Waals surface area (Å²) >= 11 is 0. The second kappa shape index (κ2) is 7.32. The summed E-state index contributed by atoms with van der Waals surface area (Å²) in [6.45, 7) is -2.75. The molecule has 0 fully saturated rings. The van der Waals surface area contributed by atoms with Crippen LogP contribution < -0.4 is 15.8 Å². The number of hydrogen-bond acceptors (Lipinski definition) is 6. The maximum absolute atomic E-state index is 13.0. The number of hydrogen-bond donors (Lipinski definition) is 4. The Labute approximate surface area is 152 Å². The third-order valence-corrected chi connectivity index (χ3v) is 3.37. The van der Waals surface area contributed by atoms with Crippen molar-refractivity contribution in [3.8, 4) is 11.5 Å². The Morgan fingerprint density at radius 3 is 2.39 bits per heavy atom. The molecule has 0 radical (unpaired) electrons. The maximum atomic E-state index is 13.0. The van der Waals surface area contributed by atoms with E-state index in [1.54, 1.807) is 0 Å². The van der Waals surface area contributed by atoms with Crippen LogP contribution in [0.2, 0.25) is 0 Å². The van der Waals surface area contributed by atoms with Crippen molar-refractivity contribution in [3.63, 3.8) is 0 Å². The molecule has 1 heterocycles. The highest BCUT2D eigenvalue weighted by Gasteiger charge is 2.58. The minimum atomic E-state index is -5.81. The van der Waals surface area contributed by atoms with Gasteiger partial charge in [-0.25, -0.2) is 4.98 Å². The number of nitrogens with zero attached hydrogens (tertiary/aromatic N) is 1. The summed E-state index contributed by atoms with van der Waals surface area (Å²) < 4.78 is 67.0. The number of nitrogens with one attached hydrogen (secondary N) is 1. The van der Waals surface area contributed by atoms with Gasteiger partial charge in [-0.2, -0.15) is 22.0 Å². The van der Waals surface area contributed by atoms with Gasteiger partial charge in [0.05, 0.1) is 11.2 Å². The number of aromatic hydroxyl groups is 1. The van der Waals surface area contributed by atoms with Crippen LogP contribution in [-0.4, -0.2) is 52.3 Å². The number of pyridine rings is 1. The SMILES string of the molecule is Nc1cc2nc(C(=O)NCC(=O)O)c(O)cc2cc1OCC(F)(F)C(F)(F)F. The van der Waals surface area contributed by atoms with Crippen molar-refractivity contribution in [2.24, 2.45) is 0 Å².